The molecule has 0 amide bonds. The van der Waals surface area contributed by atoms with E-state index in [0.717, 1.165) is 26.2 Å². The Labute approximate surface area is 124 Å². The summed E-state index contributed by atoms with van der Waals surface area (Å²) in [5.41, 5.74) is 0. The van der Waals surface area contributed by atoms with Crippen LogP contribution in [-0.2, 0) is 0 Å². The Morgan fingerprint density at radius 3 is 2.11 bits per heavy atom. The normalized spacial score (nSPS) is 16.0. The highest BCUT2D eigenvalue weighted by Crippen LogP contribution is 2.08. The molecule has 0 heterocycles. The summed E-state index contributed by atoms with van der Waals surface area (Å²) in [4.78, 5) is 0. The third-order valence-electron chi connectivity index (χ3n) is 2.59. The second-order valence-corrected chi connectivity index (χ2v) is 7.88. The maximum absolute atomic E-state index is 4.53. The number of hydrogen-bond donors (Lipinski definition) is 5. The zero-order valence-electron chi connectivity index (χ0n) is 12.5. The van der Waals surface area contributed by atoms with Crippen molar-refractivity contribution in [1.29, 1.82) is 0 Å². The first-order chi connectivity index (χ1) is 8.22. The molecule has 0 saturated heterocycles. The first-order valence-corrected chi connectivity index (χ1v) is 7.76. The standard InChI is InChI=1S/C13H31N3S2/c1-10(2)16-8-12(11(3)17)15-7-6-14-9-13(4,5)18/h10-12,14-18H,6-9H2,1-5H3. The summed E-state index contributed by atoms with van der Waals surface area (Å²) in [5.74, 6) is 0. The van der Waals surface area contributed by atoms with Crippen LogP contribution in [0.1, 0.15) is 34.6 Å². The molecule has 3 N–H and O–H groups in total. The van der Waals surface area contributed by atoms with Crippen LogP contribution in [0.25, 0.3) is 0 Å². The van der Waals surface area contributed by atoms with E-state index in [-0.39, 0.29) is 4.75 Å². The molecular formula is C13H31N3S2. The lowest BCUT2D eigenvalue weighted by atomic mass is 10.2. The van der Waals surface area contributed by atoms with Crippen molar-refractivity contribution in [2.24, 2.45) is 0 Å². The van der Waals surface area contributed by atoms with Gasteiger partial charge in [-0.2, -0.15) is 25.3 Å². The molecule has 0 spiro atoms. The number of hydrogen-bond acceptors (Lipinski definition) is 5. The highest BCUT2D eigenvalue weighted by Gasteiger charge is 2.14. The Balaban J connectivity index is 3.71. The number of thiol groups is 2. The summed E-state index contributed by atoms with van der Waals surface area (Å²) in [6, 6.07) is 0.922. The van der Waals surface area contributed by atoms with E-state index in [1.165, 1.54) is 0 Å². The quantitative estimate of drug-likeness (QED) is 0.313. The monoisotopic (exact) mass is 293 g/mol. The third kappa shape index (κ3) is 11.7. The molecule has 110 valence electrons. The minimum absolute atomic E-state index is 0.0510. The van der Waals surface area contributed by atoms with Crippen molar-refractivity contribution in [2.75, 3.05) is 26.2 Å². The van der Waals surface area contributed by atoms with Gasteiger partial charge in [-0.3, -0.25) is 0 Å². The van der Waals surface area contributed by atoms with Crippen molar-refractivity contribution >= 4 is 25.3 Å². The first kappa shape index (κ1) is 18.6. The van der Waals surface area contributed by atoms with E-state index >= 15 is 0 Å². The molecule has 0 aromatic rings. The molecule has 0 aromatic heterocycles. The largest absolute Gasteiger partial charge is 0.314 e. The van der Waals surface area contributed by atoms with Gasteiger partial charge in [0, 0.05) is 48.3 Å². The van der Waals surface area contributed by atoms with Crippen molar-refractivity contribution in [3.05, 3.63) is 0 Å². The zero-order chi connectivity index (χ0) is 14.2. The molecule has 5 heteroatoms. The van der Waals surface area contributed by atoms with Crippen LogP contribution in [-0.4, -0.2) is 48.3 Å². The van der Waals surface area contributed by atoms with Crippen LogP contribution in [0.5, 0.6) is 0 Å². The van der Waals surface area contributed by atoms with Crippen LogP contribution >= 0.6 is 25.3 Å². The Hall–Kier alpha value is 0.580. The predicted octanol–water partition coefficient (Wildman–Crippen LogP) is 1.56. The van der Waals surface area contributed by atoms with Gasteiger partial charge in [-0.05, 0) is 13.8 Å². The average molecular weight is 294 g/mol. The minimum Gasteiger partial charge on any atom is -0.314 e. The highest BCUT2D eigenvalue weighted by atomic mass is 32.1. The Morgan fingerprint density at radius 1 is 1.06 bits per heavy atom. The van der Waals surface area contributed by atoms with Gasteiger partial charge in [-0.1, -0.05) is 20.8 Å². The van der Waals surface area contributed by atoms with Gasteiger partial charge in [0.05, 0.1) is 0 Å². The molecule has 0 fully saturated rings. The number of rotatable bonds is 10. The van der Waals surface area contributed by atoms with Crippen molar-refractivity contribution in [2.45, 2.75) is 56.7 Å². The molecule has 0 saturated carbocycles. The van der Waals surface area contributed by atoms with Crippen LogP contribution in [0.2, 0.25) is 0 Å². The molecule has 18 heavy (non-hydrogen) atoms. The van der Waals surface area contributed by atoms with Gasteiger partial charge in [0.1, 0.15) is 0 Å². The van der Waals surface area contributed by atoms with Gasteiger partial charge < -0.3 is 16.0 Å². The SMILES string of the molecule is CC(C)NCC(NCCNCC(C)(C)S)C(C)S. The van der Waals surface area contributed by atoms with E-state index < -0.39 is 0 Å². The zero-order valence-corrected chi connectivity index (χ0v) is 14.2. The van der Waals surface area contributed by atoms with Crippen LogP contribution in [0.3, 0.4) is 0 Å². The van der Waals surface area contributed by atoms with E-state index in [2.05, 4.69) is 75.8 Å². The maximum atomic E-state index is 4.53. The molecular weight excluding hydrogens is 262 g/mol. The van der Waals surface area contributed by atoms with Gasteiger partial charge in [-0.25, -0.2) is 0 Å². The van der Waals surface area contributed by atoms with Gasteiger partial charge in [0.2, 0.25) is 0 Å². The average Bonchev–Trinajstić information content (AvgIpc) is 2.19. The van der Waals surface area contributed by atoms with Gasteiger partial charge in [0.15, 0.2) is 0 Å². The van der Waals surface area contributed by atoms with Gasteiger partial charge in [-0.15, -0.1) is 0 Å². The van der Waals surface area contributed by atoms with Crippen LogP contribution in [0, 0.1) is 0 Å². The second-order valence-electron chi connectivity index (χ2n) is 5.85. The predicted molar refractivity (Wildman–Crippen MR) is 89.3 cm³/mol. The van der Waals surface area contributed by atoms with Crippen molar-refractivity contribution < 1.29 is 0 Å². The Kier molecular flexibility index (Phi) is 9.78. The highest BCUT2D eigenvalue weighted by molar-refractivity contribution is 7.81. The molecule has 2 atom stereocenters. The van der Waals surface area contributed by atoms with Crippen molar-refractivity contribution in [1.82, 2.24) is 16.0 Å². The van der Waals surface area contributed by atoms with Gasteiger partial charge in [0.25, 0.3) is 0 Å². The summed E-state index contributed by atoms with van der Waals surface area (Å²) < 4.78 is 0.0510. The summed E-state index contributed by atoms with van der Waals surface area (Å²) in [6.45, 7) is 14.5. The molecule has 3 nitrogen and oxygen atoms in total. The van der Waals surface area contributed by atoms with Crippen LogP contribution < -0.4 is 16.0 Å². The number of nitrogens with one attached hydrogen (secondary N) is 3. The third-order valence-corrected chi connectivity index (χ3v) is 3.11. The fourth-order valence-corrected chi connectivity index (χ4v) is 1.84. The molecule has 0 aliphatic heterocycles. The second kappa shape index (κ2) is 9.48. The van der Waals surface area contributed by atoms with E-state index in [9.17, 15) is 0 Å². The summed E-state index contributed by atoms with van der Waals surface area (Å²) in [5, 5.41) is 10.7. The van der Waals surface area contributed by atoms with Gasteiger partial charge >= 0.3 is 0 Å². The maximum Gasteiger partial charge on any atom is 0.0306 e. The van der Waals surface area contributed by atoms with E-state index in [1.54, 1.807) is 0 Å². The lowest BCUT2D eigenvalue weighted by Gasteiger charge is -2.24. The molecule has 0 aliphatic rings. The van der Waals surface area contributed by atoms with Crippen LogP contribution in [0.4, 0.5) is 0 Å². The van der Waals surface area contributed by atoms with Crippen molar-refractivity contribution in [3.8, 4) is 0 Å². The fourth-order valence-electron chi connectivity index (χ4n) is 1.52. The summed E-state index contributed by atoms with van der Waals surface area (Å²) in [7, 11) is 0. The minimum atomic E-state index is 0.0510. The summed E-state index contributed by atoms with van der Waals surface area (Å²) >= 11 is 9.01. The molecule has 0 aliphatic carbocycles. The smallest absolute Gasteiger partial charge is 0.0306 e. The Bertz CT molecular complexity index is 203. The van der Waals surface area contributed by atoms with E-state index in [1.807, 2.05) is 0 Å². The first-order valence-electron chi connectivity index (χ1n) is 6.80. The summed E-state index contributed by atoms with van der Waals surface area (Å²) in [6.07, 6.45) is 0. The van der Waals surface area contributed by atoms with E-state index in [0.29, 0.717) is 17.3 Å². The molecule has 0 aromatic carbocycles. The topological polar surface area (TPSA) is 36.1 Å². The van der Waals surface area contributed by atoms with E-state index in [4.69, 9.17) is 0 Å². The lowest BCUT2D eigenvalue weighted by Crippen LogP contribution is -2.47. The molecule has 0 rings (SSSR count). The molecule has 0 bridgehead atoms. The molecule has 2 unspecified atom stereocenters. The molecule has 0 radical (unpaired) electrons. The fraction of sp³-hybridized carbons (Fsp3) is 1.00. The Morgan fingerprint density at radius 2 is 1.67 bits per heavy atom. The van der Waals surface area contributed by atoms with Crippen LogP contribution in [0.15, 0.2) is 0 Å². The van der Waals surface area contributed by atoms with Crippen molar-refractivity contribution in [3.63, 3.8) is 0 Å². The lowest BCUT2D eigenvalue weighted by molar-refractivity contribution is 0.442.